The Bertz CT molecular complexity index is 2010. The standard InChI is InChI=1S/C37H26N2O/c1-37(2)28-19-11-9-17-25(28)34-29(37)21-27(33-26-18-10-12-20-32(26)40-35(33)34)36-38-30(23-13-5-3-6-14-23)22-31(39-36)24-15-7-4-8-16-24/h3-22H,1-2H3. The molecule has 1 aliphatic carbocycles. The highest BCUT2D eigenvalue weighted by Gasteiger charge is 2.38. The summed E-state index contributed by atoms with van der Waals surface area (Å²) in [5, 5.41) is 2.14. The molecular formula is C37H26N2O. The molecule has 0 bridgehead atoms. The third kappa shape index (κ3) is 3.31. The molecule has 0 spiro atoms. The first-order valence-corrected chi connectivity index (χ1v) is 13.7. The van der Waals surface area contributed by atoms with Gasteiger partial charge in [-0.3, -0.25) is 0 Å². The van der Waals surface area contributed by atoms with Crippen molar-refractivity contribution in [2.75, 3.05) is 0 Å². The first kappa shape index (κ1) is 22.9. The topological polar surface area (TPSA) is 38.9 Å². The van der Waals surface area contributed by atoms with E-state index >= 15 is 0 Å². The number of aromatic nitrogens is 2. The molecule has 0 amide bonds. The van der Waals surface area contributed by atoms with Crippen LogP contribution in [0.3, 0.4) is 0 Å². The Kier molecular flexibility index (Phi) is 4.86. The van der Waals surface area contributed by atoms with Crippen molar-refractivity contribution in [3.63, 3.8) is 0 Å². The summed E-state index contributed by atoms with van der Waals surface area (Å²) >= 11 is 0. The number of hydrogen-bond donors (Lipinski definition) is 0. The molecule has 5 aromatic carbocycles. The highest BCUT2D eigenvalue weighted by Crippen LogP contribution is 2.54. The minimum atomic E-state index is -0.187. The molecule has 190 valence electrons. The number of nitrogens with zero attached hydrogens (tertiary/aromatic N) is 2. The predicted molar refractivity (Wildman–Crippen MR) is 163 cm³/mol. The van der Waals surface area contributed by atoms with E-state index in [4.69, 9.17) is 14.4 Å². The van der Waals surface area contributed by atoms with Crippen molar-refractivity contribution in [3.8, 4) is 45.0 Å². The minimum absolute atomic E-state index is 0.187. The van der Waals surface area contributed by atoms with Gasteiger partial charge in [-0.1, -0.05) is 117 Å². The van der Waals surface area contributed by atoms with Crippen molar-refractivity contribution in [2.24, 2.45) is 0 Å². The summed E-state index contributed by atoms with van der Waals surface area (Å²) in [6.07, 6.45) is 0. The molecule has 0 N–H and O–H groups in total. The second-order valence-electron chi connectivity index (χ2n) is 11.0. The Morgan fingerprint density at radius 2 is 1.18 bits per heavy atom. The van der Waals surface area contributed by atoms with Gasteiger partial charge in [-0.15, -0.1) is 0 Å². The molecule has 2 heterocycles. The second-order valence-corrected chi connectivity index (χ2v) is 11.0. The van der Waals surface area contributed by atoms with Crippen molar-refractivity contribution < 1.29 is 4.42 Å². The molecule has 3 nitrogen and oxygen atoms in total. The van der Waals surface area contributed by atoms with Crippen LogP contribution in [0.1, 0.15) is 25.0 Å². The van der Waals surface area contributed by atoms with Crippen LogP contribution >= 0.6 is 0 Å². The van der Waals surface area contributed by atoms with E-state index in [-0.39, 0.29) is 5.41 Å². The van der Waals surface area contributed by atoms with Crippen LogP contribution in [-0.2, 0) is 5.41 Å². The molecule has 0 saturated heterocycles. The lowest BCUT2D eigenvalue weighted by Gasteiger charge is -2.22. The van der Waals surface area contributed by atoms with Gasteiger partial charge in [0.15, 0.2) is 5.82 Å². The van der Waals surface area contributed by atoms with Crippen LogP contribution in [0.5, 0.6) is 0 Å². The zero-order valence-electron chi connectivity index (χ0n) is 22.3. The first-order valence-electron chi connectivity index (χ1n) is 13.7. The van der Waals surface area contributed by atoms with Crippen molar-refractivity contribution in [2.45, 2.75) is 19.3 Å². The molecule has 3 heteroatoms. The second kappa shape index (κ2) is 8.49. The highest BCUT2D eigenvalue weighted by atomic mass is 16.3. The summed E-state index contributed by atoms with van der Waals surface area (Å²) in [4.78, 5) is 10.4. The fourth-order valence-electron chi connectivity index (χ4n) is 6.31. The van der Waals surface area contributed by atoms with Gasteiger partial charge in [0, 0.05) is 38.4 Å². The van der Waals surface area contributed by atoms with E-state index in [1.165, 1.54) is 22.3 Å². The molecule has 0 aliphatic heterocycles. The Labute approximate surface area is 232 Å². The molecule has 1 aliphatic rings. The molecule has 0 atom stereocenters. The van der Waals surface area contributed by atoms with Crippen LogP contribution in [0.4, 0.5) is 0 Å². The van der Waals surface area contributed by atoms with Crippen molar-refractivity contribution >= 4 is 21.9 Å². The third-order valence-electron chi connectivity index (χ3n) is 8.30. The molecule has 8 rings (SSSR count). The highest BCUT2D eigenvalue weighted by molar-refractivity contribution is 6.17. The summed E-state index contributed by atoms with van der Waals surface area (Å²) < 4.78 is 6.68. The van der Waals surface area contributed by atoms with Crippen LogP contribution in [-0.4, -0.2) is 9.97 Å². The zero-order chi connectivity index (χ0) is 26.8. The van der Waals surface area contributed by atoms with Gasteiger partial charge in [0.2, 0.25) is 0 Å². The first-order chi connectivity index (χ1) is 19.6. The van der Waals surface area contributed by atoms with Gasteiger partial charge in [0.25, 0.3) is 0 Å². The number of rotatable bonds is 3. The Balaban J connectivity index is 1.50. The quantitative estimate of drug-likeness (QED) is 0.236. The predicted octanol–water partition coefficient (Wildman–Crippen LogP) is 9.68. The monoisotopic (exact) mass is 514 g/mol. The van der Waals surface area contributed by atoms with Gasteiger partial charge < -0.3 is 4.42 Å². The molecule has 0 radical (unpaired) electrons. The van der Waals surface area contributed by atoms with E-state index < -0.39 is 0 Å². The third-order valence-corrected chi connectivity index (χ3v) is 8.30. The Morgan fingerprint density at radius 3 is 1.88 bits per heavy atom. The van der Waals surface area contributed by atoms with Crippen LogP contribution in [0, 0.1) is 0 Å². The molecule has 0 unspecified atom stereocenters. The summed E-state index contributed by atoms with van der Waals surface area (Å²) in [5.41, 5.74) is 11.5. The maximum Gasteiger partial charge on any atom is 0.161 e. The SMILES string of the molecule is CC1(C)c2ccccc2-c2c1cc(-c1nc(-c3ccccc3)cc(-c3ccccc3)n1)c1c2oc2ccccc21. The molecular weight excluding hydrogens is 488 g/mol. The maximum absolute atomic E-state index is 6.68. The van der Waals surface area contributed by atoms with Crippen molar-refractivity contribution in [3.05, 3.63) is 132 Å². The smallest absolute Gasteiger partial charge is 0.161 e. The minimum Gasteiger partial charge on any atom is -0.455 e. The molecule has 0 fully saturated rings. The van der Waals surface area contributed by atoms with Gasteiger partial charge in [0.1, 0.15) is 11.2 Å². The van der Waals surface area contributed by atoms with E-state index in [0.717, 1.165) is 50.0 Å². The largest absolute Gasteiger partial charge is 0.455 e. The molecule has 2 aromatic heterocycles. The number of benzene rings is 5. The average molecular weight is 515 g/mol. The normalized spacial score (nSPS) is 13.4. The van der Waals surface area contributed by atoms with Crippen LogP contribution < -0.4 is 0 Å². The fraction of sp³-hybridized carbons (Fsp3) is 0.0811. The fourth-order valence-corrected chi connectivity index (χ4v) is 6.31. The van der Waals surface area contributed by atoms with Gasteiger partial charge >= 0.3 is 0 Å². The lowest BCUT2D eigenvalue weighted by Crippen LogP contribution is -2.15. The van der Waals surface area contributed by atoms with Crippen LogP contribution in [0.25, 0.3) is 67.0 Å². The zero-order valence-corrected chi connectivity index (χ0v) is 22.3. The number of hydrogen-bond acceptors (Lipinski definition) is 3. The lowest BCUT2D eigenvalue weighted by atomic mass is 9.81. The Morgan fingerprint density at radius 1 is 0.575 bits per heavy atom. The van der Waals surface area contributed by atoms with Gasteiger partial charge in [-0.05, 0) is 34.9 Å². The van der Waals surface area contributed by atoms with Crippen LogP contribution in [0.2, 0.25) is 0 Å². The van der Waals surface area contributed by atoms with E-state index in [1.54, 1.807) is 0 Å². The lowest BCUT2D eigenvalue weighted by molar-refractivity contribution is 0.653. The Hall–Kier alpha value is -5.02. The van der Waals surface area contributed by atoms with Gasteiger partial charge in [-0.25, -0.2) is 9.97 Å². The van der Waals surface area contributed by atoms with Crippen molar-refractivity contribution in [1.82, 2.24) is 9.97 Å². The molecule has 7 aromatic rings. The van der Waals surface area contributed by atoms with Crippen LogP contribution in [0.15, 0.2) is 126 Å². The maximum atomic E-state index is 6.68. The summed E-state index contributed by atoms with van der Waals surface area (Å²) in [7, 11) is 0. The number of furan rings is 1. The average Bonchev–Trinajstić information content (AvgIpc) is 3.50. The molecule has 0 saturated carbocycles. The van der Waals surface area contributed by atoms with E-state index in [1.807, 2.05) is 24.3 Å². The summed E-state index contributed by atoms with van der Waals surface area (Å²) in [6, 6.07) is 42.1. The summed E-state index contributed by atoms with van der Waals surface area (Å²) in [6.45, 7) is 4.60. The number of para-hydroxylation sites is 1. The van der Waals surface area contributed by atoms with Gasteiger partial charge in [-0.2, -0.15) is 0 Å². The van der Waals surface area contributed by atoms with E-state index in [9.17, 15) is 0 Å². The van der Waals surface area contributed by atoms with E-state index in [2.05, 4.69) is 111 Å². The number of fused-ring (bicyclic) bond motifs is 7. The molecule has 40 heavy (non-hydrogen) atoms. The van der Waals surface area contributed by atoms with E-state index in [0.29, 0.717) is 5.82 Å². The van der Waals surface area contributed by atoms with Crippen molar-refractivity contribution in [1.29, 1.82) is 0 Å². The summed E-state index contributed by atoms with van der Waals surface area (Å²) in [5.74, 6) is 0.700. The van der Waals surface area contributed by atoms with Gasteiger partial charge in [0.05, 0.1) is 11.4 Å².